The number of imide groups is 2. The van der Waals surface area contributed by atoms with Crippen LogP contribution in [0.5, 0.6) is 5.75 Å². The fraction of sp³-hybridized carbons (Fsp3) is 0.279. The van der Waals surface area contributed by atoms with Crippen LogP contribution in [-0.4, -0.2) is 99.3 Å². The maximum absolute atomic E-state index is 13.4. The molecule has 282 valence electrons. The van der Waals surface area contributed by atoms with Gasteiger partial charge in [0.1, 0.15) is 17.5 Å². The van der Waals surface area contributed by atoms with Crippen molar-refractivity contribution in [2.75, 3.05) is 44.2 Å². The van der Waals surface area contributed by atoms with Gasteiger partial charge >= 0.3 is 0 Å². The minimum atomic E-state index is -1.02. The molecule has 1 atom stereocenters. The molecule has 0 saturated carbocycles. The molecule has 56 heavy (non-hydrogen) atoms. The summed E-state index contributed by atoms with van der Waals surface area (Å²) in [5.74, 6) is -1.63. The first kappa shape index (κ1) is 35.2. The molecule has 1 unspecified atom stereocenters. The number of nitrogens with zero attached hydrogens (tertiary/aromatic N) is 6. The van der Waals surface area contributed by atoms with Crippen LogP contribution >= 0.6 is 0 Å². The Morgan fingerprint density at radius 1 is 0.750 bits per heavy atom. The van der Waals surface area contributed by atoms with Crippen LogP contribution in [0.2, 0.25) is 0 Å². The van der Waals surface area contributed by atoms with Crippen molar-refractivity contribution in [2.24, 2.45) is 0 Å². The number of ether oxygens (including phenoxy) is 1. The number of rotatable bonds is 10. The number of carbonyl (C=O) groups excluding carboxylic acids is 5. The summed E-state index contributed by atoms with van der Waals surface area (Å²) in [6.45, 7) is 4.71. The SMILES string of the molecule is O=C1CCC(N2C(=O)c3cccc(OCCCN4CCN(c5ccc(-n6cc(-c7ccc8c(c7)CCC8=O)c(-c7ccncc7)n6)cc5)CC4)c3C2=O)C(=O)N1. The minimum absolute atomic E-state index is 0.0680. The molecule has 4 aliphatic rings. The zero-order valence-corrected chi connectivity index (χ0v) is 30.6. The number of pyridine rings is 1. The van der Waals surface area contributed by atoms with Crippen molar-refractivity contribution in [3.63, 3.8) is 0 Å². The van der Waals surface area contributed by atoms with Gasteiger partial charge in [-0.3, -0.25) is 44.1 Å². The Kier molecular flexibility index (Phi) is 9.22. The van der Waals surface area contributed by atoms with Crippen LogP contribution in [0.3, 0.4) is 0 Å². The summed E-state index contributed by atoms with van der Waals surface area (Å²) in [7, 11) is 0. The number of fused-ring (bicyclic) bond motifs is 2. The monoisotopic (exact) mass is 749 g/mol. The number of hydrogen-bond donors (Lipinski definition) is 1. The second-order valence-corrected chi connectivity index (χ2v) is 14.5. The van der Waals surface area contributed by atoms with Crippen LogP contribution in [0.1, 0.15) is 62.3 Å². The van der Waals surface area contributed by atoms with Crippen molar-refractivity contribution < 1.29 is 28.7 Å². The first-order valence-corrected chi connectivity index (χ1v) is 19.0. The van der Waals surface area contributed by atoms with Crippen molar-refractivity contribution >= 4 is 35.1 Å². The Morgan fingerprint density at radius 3 is 2.32 bits per heavy atom. The fourth-order valence-corrected chi connectivity index (χ4v) is 8.18. The van der Waals surface area contributed by atoms with E-state index in [2.05, 4.69) is 56.6 Å². The van der Waals surface area contributed by atoms with E-state index >= 15 is 0 Å². The molecule has 3 aliphatic heterocycles. The molecule has 2 aromatic heterocycles. The van der Waals surface area contributed by atoms with E-state index in [1.54, 1.807) is 30.6 Å². The maximum Gasteiger partial charge on any atom is 0.266 e. The average molecular weight is 750 g/mol. The zero-order chi connectivity index (χ0) is 38.3. The lowest BCUT2D eigenvalue weighted by molar-refractivity contribution is -0.136. The number of piperazine rings is 1. The van der Waals surface area contributed by atoms with Gasteiger partial charge in [-0.15, -0.1) is 0 Å². The summed E-state index contributed by atoms with van der Waals surface area (Å²) in [5.41, 5.74) is 8.24. The number of piperidine rings is 1. The van der Waals surface area contributed by atoms with Gasteiger partial charge in [0.25, 0.3) is 11.8 Å². The number of amides is 4. The molecule has 2 saturated heterocycles. The van der Waals surface area contributed by atoms with E-state index in [4.69, 9.17) is 9.84 Å². The molecular weight excluding hydrogens is 711 g/mol. The smallest absolute Gasteiger partial charge is 0.266 e. The van der Waals surface area contributed by atoms with Gasteiger partial charge in [0.15, 0.2) is 5.78 Å². The lowest BCUT2D eigenvalue weighted by atomic mass is 9.98. The van der Waals surface area contributed by atoms with Gasteiger partial charge in [0, 0.05) is 86.5 Å². The molecule has 1 aliphatic carbocycles. The second kappa shape index (κ2) is 14.6. The van der Waals surface area contributed by atoms with Gasteiger partial charge in [-0.1, -0.05) is 24.3 Å². The van der Waals surface area contributed by atoms with Crippen LogP contribution in [0.4, 0.5) is 5.69 Å². The number of aryl methyl sites for hydroxylation is 1. The average Bonchev–Trinajstić information content (AvgIpc) is 3.91. The van der Waals surface area contributed by atoms with Crippen LogP contribution in [0, 0.1) is 0 Å². The molecule has 13 nitrogen and oxygen atoms in total. The fourth-order valence-electron chi connectivity index (χ4n) is 8.18. The van der Waals surface area contributed by atoms with Crippen LogP contribution in [-0.2, 0) is 16.0 Å². The van der Waals surface area contributed by atoms with E-state index in [-0.39, 0.29) is 29.8 Å². The Bertz CT molecular complexity index is 2380. The molecule has 5 heterocycles. The molecule has 9 rings (SSSR count). The quantitative estimate of drug-likeness (QED) is 0.157. The lowest BCUT2D eigenvalue weighted by Crippen LogP contribution is -2.54. The highest BCUT2D eigenvalue weighted by Crippen LogP contribution is 2.36. The summed E-state index contributed by atoms with van der Waals surface area (Å²) >= 11 is 0. The van der Waals surface area contributed by atoms with Crippen molar-refractivity contribution in [2.45, 2.75) is 38.1 Å². The maximum atomic E-state index is 13.4. The van der Waals surface area contributed by atoms with Gasteiger partial charge in [-0.05, 0) is 78.9 Å². The summed E-state index contributed by atoms with van der Waals surface area (Å²) in [5, 5.41) is 7.25. The molecule has 0 bridgehead atoms. The summed E-state index contributed by atoms with van der Waals surface area (Å²) in [6, 6.07) is 22.4. The van der Waals surface area contributed by atoms with Gasteiger partial charge in [0.05, 0.1) is 23.4 Å². The molecule has 4 amide bonds. The van der Waals surface area contributed by atoms with E-state index < -0.39 is 29.7 Å². The van der Waals surface area contributed by atoms with E-state index in [0.717, 1.165) is 95.4 Å². The van der Waals surface area contributed by atoms with Crippen LogP contribution in [0.25, 0.3) is 28.1 Å². The molecule has 3 aromatic carbocycles. The summed E-state index contributed by atoms with van der Waals surface area (Å²) < 4.78 is 7.96. The van der Waals surface area contributed by atoms with Gasteiger partial charge in [-0.2, -0.15) is 5.10 Å². The third-order valence-corrected chi connectivity index (χ3v) is 11.2. The second-order valence-electron chi connectivity index (χ2n) is 14.5. The lowest BCUT2D eigenvalue weighted by Gasteiger charge is -2.36. The van der Waals surface area contributed by atoms with E-state index in [1.807, 2.05) is 28.9 Å². The zero-order valence-electron chi connectivity index (χ0n) is 30.6. The number of nitrogens with one attached hydrogen (secondary N) is 1. The first-order valence-electron chi connectivity index (χ1n) is 19.0. The molecule has 2 fully saturated rings. The number of ketones is 1. The van der Waals surface area contributed by atoms with E-state index in [0.29, 0.717) is 18.8 Å². The Morgan fingerprint density at radius 2 is 1.54 bits per heavy atom. The van der Waals surface area contributed by atoms with Crippen LogP contribution < -0.4 is 15.0 Å². The minimum Gasteiger partial charge on any atom is -0.493 e. The van der Waals surface area contributed by atoms with Gasteiger partial charge in [-0.25, -0.2) is 4.68 Å². The van der Waals surface area contributed by atoms with Crippen molar-refractivity contribution in [1.82, 2.24) is 29.9 Å². The summed E-state index contributed by atoms with van der Waals surface area (Å²) in [4.78, 5) is 72.8. The molecule has 13 heteroatoms. The molecule has 0 radical (unpaired) electrons. The van der Waals surface area contributed by atoms with Crippen molar-refractivity contribution in [3.8, 4) is 33.8 Å². The predicted octanol–water partition coefficient (Wildman–Crippen LogP) is 4.72. The molecule has 5 aromatic rings. The number of aromatic nitrogens is 3. The topological polar surface area (TPSA) is 147 Å². The highest BCUT2D eigenvalue weighted by molar-refractivity contribution is 6.24. The normalized spacial score (nSPS) is 18.4. The Labute approximate surface area is 322 Å². The largest absolute Gasteiger partial charge is 0.493 e. The number of Topliss-reactive ketones (excluding diaryl/α,β-unsaturated/α-hetero) is 1. The van der Waals surface area contributed by atoms with Crippen LogP contribution in [0.15, 0.2) is 91.4 Å². The third kappa shape index (κ3) is 6.53. The number of anilines is 1. The number of carbonyl (C=O) groups is 5. The highest BCUT2D eigenvalue weighted by Gasteiger charge is 2.46. The third-order valence-electron chi connectivity index (χ3n) is 11.2. The van der Waals surface area contributed by atoms with E-state index in [1.165, 1.54) is 0 Å². The Hall–Kier alpha value is -6.47. The Balaban J connectivity index is 0.803. The first-order chi connectivity index (χ1) is 27.3. The molecule has 0 spiro atoms. The van der Waals surface area contributed by atoms with Gasteiger partial charge < -0.3 is 9.64 Å². The highest BCUT2D eigenvalue weighted by atomic mass is 16.5. The number of hydrogen-bond acceptors (Lipinski definition) is 10. The molecule has 1 N–H and O–H groups in total. The summed E-state index contributed by atoms with van der Waals surface area (Å²) in [6.07, 6.45) is 7.83. The van der Waals surface area contributed by atoms with Crippen molar-refractivity contribution in [1.29, 1.82) is 0 Å². The predicted molar refractivity (Wildman–Crippen MR) is 207 cm³/mol. The van der Waals surface area contributed by atoms with Gasteiger partial charge in [0.2, 0.25) is 11.8 Å². The number of benzene rings is 3. The van der Waals surface area contributed by atoms with Crippen molar-refractivity contribution in [3.05, 3.63) is 114 Å². The van der Waals surface area contributed by atoms with E-state index in [9.17, 15) is 24.0 Å². The molecular formula is C43H39N7O6. The standard InChI is InChI=1S/C43H39N7O6/c51-36-13-6-28-25-29(5-11-32(28)36)34-26-49(46-40(34)27-15-17-44-18-16-27)31-9-7-30(8-10-31)48-22-20-47(21-23-48)19-2-24-56-37-4-1-3-33-39(37)43(55)50(42(33)54)35-12-14-38(52)45-41(35)53/h1,3-5,7-11,15-18,25-26,35H,2,6,12-14,19-24H2,(H,45,52,53).